The van der Waals surface area contributed by atoms with E-state index in [-0.39, 0.29) is 23.8 Å². The number of methoxy groups -OCH3 is 1. The third-order valence-corrected chi connectivity index (χ3v) is 3.27. The minimum Gasteiger partial charge on any atom is -0.505 e. The number of nitrogen functional groups attached to an aromatic ring is 1. The van der Waals surface area contributed by atoms with Crippen LogP contribution in [0.5, 0.6) is 5.75 Å². The molecule has 0 saturated carbocycles. The van der Waals surface area contributed by atoms with Crippen molar-refractivity contribution < 1.29 is 14.6 Å². The Morgan fingerprint density at radius 1 is 1.42 bits per heavy atom. The van der Waals surface area contributed by atoms with Gasteiger partial charge in [-0.3, -0.25) is 4.79 Å². The van der Waals surface area contributed by atoms with Crippen LogP contribution in [0.2, 0.25) is 0 Å². The Morgan fingerprint density at radius 3 is 2.42 bits per heavy atom. The Hall–Kier alpha value is -1.46. The molecule has 5 N–H and O–H groups in total. The molecule has 0 aliphatic rings. The Balaban J connectivity index is 0.00000324. The van der Waals surface area contributed by atoms with Crippen LogP contribution in [0.4, 0.5) is 5.69 Å². The molecule has 0 unspecified atom stereocenters. The predicted molar refractivity (Wildman–Crippen MR) is 77.2 cm³/mol. The van der Waals surface area contributed by atoms with E-state index in [0.717, 1.165) is 5.56 Å². The summed E-state index contributed by atoms with van der Waals surface area (Å²) in [6.45, 7) is 5.15. The van der Waals surface area contributed by atoms with Gasteiger partial charge in [-0.1, -0.05) is 6.07 Å². The number of aromatic hydroxyl groups is 1. The van der Waals surface area contributed by atoms with Crippen molar-refractivity contribution in [3.05, 3.63) is 23.3 Å². The molecule has 0 amide bonds. The molecule has 1 rings (SSSR count). The van der Waals surface area contributed by atoms with Crippen molar-refractivity contribution in [2.45, 2.75) is 26.8 Å². The van der Waals surface area contributed by atoms with Crippen molar-refractivity contribution in [2.24, 2.45) is 11.1 Å². The van der Waals surface area contributed by atoms with Gasteiger partial charge in [0.1, 0.15) is 5.75 Å². The monoisotopic (exact) mass is 288 g/mol. The molecule has 0 radical (unpaired) electrons. The van der Waals surface area contributed by atoms with E-state index >= 15 is 0 Å². The van der Waals surface area contributed by atoms with Gasteiger partial charge < -0.3 is 21.3 Å². The summed E-state index contributed by atoms with van der Waals surface area (Å²) in [4.78, 5) is 11.7. The van der Waals surface area contributed by atoms with Gasteiger partial charge >= 0.3 is 5.97 Å². The highest BCUT2D eigenvalue weighted by molar-refractivity contribution is 5.85. The van der Waals surface area contributed by atoms with E-state index in [1.54, 1.807) is 26.0 Å². The number of carbonyl (C=O) groups excluding carboxylic acids is 1. The average Bonchev–Trinajstić information content (AvgIpc) is 2.33. The van der Waals surface area contributed by atoms with Crippen LogP contribution in [0, 0.1) is 12.3 Å². The zero-order valence-corrected chi connectivity index (χ0v) is 12.4. The molecule has 1 atom stereocenters. The minimum absolute atomic E-state index is 0. The standard InChI is InChI=1S/C13H20N2O3.ClH/c1-7-5-6-8(14)10(16)9(7)11(15)13(2,3)12(17)18-4;/h5-6,11,16H,14-15H2,1-4H3;1H/t11-;/m1./s1. The van der Waals surface area contributed by atoms with Crippen molar-refractivity contribution in [2.75, 3.05) is 12.8 Å². The molecule has 0 spiro atoms. The number of anilines is 1. The summed E-state index contributed by atoms with van der Waals surface area (Å²) < 4.78 is 4.74. The highest BCUT2D eigenvalue weighted by atomic mass is 35.5. The average molecular weight is 289 g/mol. The molecule has 0 heterocycles. The van der Waals surface area contributed by atoms with E-state index in [1.165, 1.54) is 7.11 Å². The van der Waals surface area contributed by atoms with E-state index in [2.05, 4.69) is 0 Å². The molecule has 0 aromatic heterocycles. The highest BCUT2D eigenvalue weighted by Crippen LogP contribution is 2.40. The summed E-state index contributed by atoms with van der Waals surface area (Å²) in [7, 11) is 1.31. The molecule has 19 heavy (non-hydrogen) atoms. The summed E-state index contributed by atoms with van der Waals surface area (Å²) in [5.74, 6) is -0.504. The molecule has 0 aliphatic carbocycles. The smallest absolute Gasteiger partial charge is 0.313 e. The van der Waals surface area contributed by atoms with Gasteiger partial charge in [-0.25, -0.2) is 0 Å². The number of aryl methyl sites for hydroxylation is 1. The topological polar surface area (TPSA) is 98.6 Å². The van der Waals surface area contributed by atoms with Crippen LogP contribution in [-0.2, 0) is 9.53 Å². The van der Waals surface area contributed by atoms with Crippen LogP contribution >= 0.6 is 12.4 Å². The van der Waals surface area contributed by atoms with E-state index in [0.29, 0.717) is 5.56 Å². The maximum atomic E-state index is 11.7. The number of carbonyl (C=O) groups is 1. The van der Waals surface area contributed by atoms with E-state index < -0.39 is 17.4 Å². The number of benzene rings is 1. The number of hydrogen-bond acceptors (Lipinski definition) is 5. The number of phenolic OH excluding ortho intramolecular Hbond substituents is 1. The van der Waals surface area contributed by atoms with Crippen LogP contribution in [0.25, 0.3) is 0 Å². The fourth-order valence-electron chi connectivity index (χ4n) is 1.87. The summed E-state index contributed by atoms with van der Waals surface area (Å²) in [5.41, 5.74) is 12.3. The number of rotatable bonds is 3. The molecule has 1 aromatic rings. The number of hydrogen-bond donors (Lipinski definition) is 3. The van der Waals surface area contributed by atoms with Crippen LogP contribution < -0.4 is 11.5 Å². The van der Waals surface area contributed by atoms with Gasteiger partial charge in [-0.15, -0.1) is 12.4 Å². The van der Waals surface area contributed by atoms with Crippen LogP contribution in [-0.4, -0.2) is 18.2 Å². The second-order valence-corrected chi connectivity index (χ2v) is 4.92. The number of halogens is 1. The van der Waals surface area contributed by atoms with Crippen LogP contribution in [0.1, 0.15) is 31.0 Å². The lowest BCUT2D eigenvalue weighted by Gasteiger charge is -2.30. The SMILES string of the molecule is COC(=O)C(C)(C)[C@H](N)c1c(C)ccc(N)c1O.Cl. The first kappa shape index (κ1) is 17.5. The first-order chi connectivity index (χ1) is 8.23. The van der Waals surface area contributed by atoms with Crippen molar-refractivity contribution >= 4 is 24.1 Å². The van der Waals surface area contributed by atoms with Crippen molar-refractivity contribution in [3.8, 4) is 5.75 Å². The lowest BCUT2D eigenvalue weighted by atomic mass is 9.79. The maximum Gasteiger partial charge on any atom is 0.313 e. The number of ether oxygens (including phenoxy) is 1. The summed E-state index contributed by atoms with van der Waals surface area (Å²) in [6.07, 6.45) is 0. The Labute approximate surface area is 119 Å². The molecule has 0 aliphatic heterocycles. The third-order valence-electron chi connectivity index (χ3n) is 3.27. The molecule has 108 valence electrons. The molecule has 0 saturated heterocycles. The van der Waals surface area contributed by atoms with Gasteiger partial charge in [0.15, 0.2) is 0 Å². The van der Waals surface area contributed by atoms with Gasteiger partial charge in [0.25, 0.3) is 0 Å². The van der Waals surface area contributed by atoms with E-state index in [4.69, 9.17) is 16.2 Å². The maximum absolute atomic E-state index is 11.7. The summed E-state index contributed by atoms with van der Waals surface area (Å²) in [6, 6.07) is 2.66. The van der Waals surface area contributed by atoms with Crippen LogP contribution in [0.3, 0.4) is 0 Å². The number of phenols is 1. The molecular formula is C13H21ClN2O3. The fourth-order valence-corrected chi connectivity index (χ4v) is 1.87. The molecular weight excluding hydrogens is 268 g/mol. The predicted octanol–water partition coefficient (Wildman–Crippen LogP) is 1.90. The summed E-state index contributed by atoms with van der Waals surface area (Å²) in [5, 5.41) is 10.0. The van der Waals surface area contributed by atoms with Crippen LogP contribution in [0.15, 0.2) is 12.1 Å². The lowest BCUT2D eigenvalue weighted by Crippen LogP contribution is -2.37. The van der Waals surface area contributed by atoms with Gasteiger partial charge in [0, 0.05) is 11.6 Å². The van der Waals surface area contributed by atoms with E-state index in [1.807, 2.05) is 6.92 Å². The Bertz CT molecular complexity index is 475. The van der Waals surface area contributed by atoms with Crippen molar-refractivity contribution in [3.63, 3.8) is 0 Å². The quantitative estimate of drug-likeness (QED) is 0.448. The largest absolute Gasteiger partial charge is 0.505 e. The van der Waals surface area contributed by atoms with Crippen molar-refractivity contribution in [1.29, 1.82) is 0 Å². The zero-order valence-electron chi connectivity index (χ0n) is 11.6. The molecule has 6 heteroatoms. The Kier molecular flexibility index (Phi) is 5.65. The van der Waals surface area contributed by atoms with E-state index in [9.17, 15) is 9.90 Å². The van der Waals surface area contributed by atoms with Crippen molar-refractivity contribution in [1.82, 2.24) is 0 Å². The molecule has 1 aromatic carbocycles. The molecule has 0 fully saturated rings. The van der Waals surface area contributed by atoms with Gasteiger partial charge in [0.05, 0.1) is 18.2 Å². The van der Waals surface area contributed by atoms with Gasteiger partial charge in [-0.2, -0.15) is 0 Å². The fraction of sp³-hybridized carbons (Fsp3) is 0.462. The zero-order chi connectivity index (χ0) is 14.1. The first-order valence-electron chi connectivity index (χ1n) is 5.65. The third kappa shape index (κ3) is 3.11. The highest BCUT2D eigenvalue weighted by Gasteiger charge is 2.38. The molecule has 0 bridgehead atoms. The number of nitrogens with two attached hydrogens (primary N) is 2. The lowest BCUT2D eigenvalue weighted by molar-refractivity contribution is -0.152. The normalized spacial score (nSPS) is 12.5. The van der Waals surface area contributed by atoms with Gasteiger partial charge in [-0.05, 0) is 32.4 Å². The number of esters is 1. The second-order valence-electron chi connectivity index (χ2n) is 4.92. The second kappa shape index (κ2) is 6.12. The first-order valence-corrected chi connectivity index (χ1v) is 5.65. The molecule has 5 nitrogen and oxygen atoms in total. The summed E-state index contributed by atoms with van der Waals surface area (Å²) >= 11 is 0. The van der Waals surface area contributed by atoms with Gasteiger partial charge in [0.2, 0.25) is 0 Å². The minimum atomic E-state index is -0.954. The Morgan fingerprint density at radius 2 is 1.95 bits per heavy atom.